The normalized spacial score (nSPS) is 14.2. The Balaban J connectivity index is 1.21. The van der Waals surface area contributed by atoms with Gasteiger partial charge in [0, 0.05) is 49.9 Å². The van der Waals surface area contributed by atoms with Gasteiger partial charge in [0.05, 0.1) is 18.1 Å². The molecule has 0 unspecified atom stereocenters. The van der Waals surface area contributed by atoms with Crippen molar-refractivity contribution in [2.75, 3.05) is 50.8 Å². The topological polar surface area (TPSA) is 87.9 Å². The molecule has 0 saturated carbocycles. The van der Waals surface area contributed by atoms with E-state index in [1.807, 2.05) is 53.2 Å². The predicted octanol–water partition coefficient (Wildman–Crippen LogP) is 4.49. The van der Waals surface area contributed by atoms with Crippen molar-refractivity contribution in [3.05, 3.63) is 58.1 Å². The molecule has 5 rings (SSSR count). The molecule has 1 aliphatic rings. The minimum atomic E-state index is -0.0888. The average molecular weight is 525 g/mol. The number of furan rings is 1. The molecule has 4 heterocycles. The van der Waals surface area contributed by atoms with E-state index in [2.05, 4.69) is 10.2 Å². The minimum absolute atomic E-state index is 0.0269. The number of anilines is 1. The van der Waals surface area contributed by atoms with Gasteiger partial charge in [0.1, 0.15) is 11.3 Å². The van der Waals surface area contributed by atoms with Crippen molar-refractivity contribution in [3.8, 4) is 11.5 Å². The molecule has 1 saturated heterocycles. The molecule has 10 heteroatoms. The second kappa shape index (κ2) is 11.8. The highest BCUT2D eigenvalue weighted by Crippen LogP contribution is 2.32. The van der Waals surface area contributed by atoms with Crippen LogP contribution in [-0.4, -0.2) is 67.6 Å². The van der Waals surface area contributed by atoms with Crippen molar-refractivity contribution in [2.45, 2.75) is 12.8 Å². The first-order chi connectivity index (χ1) is 17.7. The lowest BCUT2D eigenvalue weighted by atomic mass is 10.2. The van der Waals surface area contributed by atoms with E-state index in [1.54, 1.807) is 4.90 Å². The summed E-state index contributed by atoms with van der Waals surface area (Å²) in [5, 5.41) is 8.41. The van der Waals surface area contributed by atoms with Crippen LogP contribution in [-0.2, 0) is 9.53 Å². The summed E-state index contributed by atoms with van der Waals surface area (Å²) in [7, 11) is 0. The number of hydrogen-bond acceptors (Lipinski definition) is 8. The Hall–Kier alpha value is -3.05. The fourth-order valence-corrected chi connectivity index (χ4v) is 5.57. The van der Waals surface area contributed by atoms with E-state index in [4.69, 9.17) is 14.1 Å². The Bertz CT molecular complexity index is 1260. The number of aromatic nitrogens is 1. The van der Waals surface area contributed by atoms with Crippen LogP contribution in [0.2, 0.25) is 0 Å². The summed E-state index contributed by atoms with van der Waals surface area (Å²) < 4.78 is 11.3. The van der Waals surface area contributed by atoms with Crippen LogP contribution in [0.3, 0.4) is 0 Å². The van der Waals surface area contributed by atoms with Crippen molar-refractivity contribution in [1.29, 1.82) is 0 Å². The number of carbonyl (C=O) groups is 2. The minimum Gasteiger partial charge on any atom is -0.454 e. The number of ether oxygens (including phenoxy) is 1. The Labute approximate surface area is 217 Å². The second-order valence-electron chi connectivity index (χ2n) is 8.51. The fraction of sp³-hybridized carbons (Fsp3) is 0.346. The smallest absolute Gasteiger partial charge is 0.270 e. The van der Waals surface area contributed by atoms with Gasteiger partial charge in [-0.25, -0.2) is 4.98 Å². The maximum absolute atomic E-state index is 13.3. The number of carbonyl (C=O) groups excluding carboxylic acids is 2. The molecule has 3 aromatic heterocycles. The number of amides is 2. The second-order valence-corrected chi connectivity index (χ2v) is 10.3. The maximum atomic E-state index is 13.3. The molecule has 188 valence electrons. The molecule has 1 N–H and O–H groups in total. The van der Waals surface area contributed by atoms with Crippen LogP contribution in [0.25, 0.3) is 22.4 Å². The number of nitrogens with zero attached hydrogens (tertiary/aromatic N) is 3. The molecule has 2 amide bonds. The zero-order chi connectivity index (χ0) is 24.7. The first kappa shape index (κ1) is 24.6. The van der Waals surface area contributed by atoms with Crippen LogP contribution in [0.4, 0.5) is 5.13 Å². The number of morpholine rings is 1. The van der Waals surface area contributed by atoms with Gasteiger partial charge in [0.15, 0.2) is 10.9 Å². The average Bonchev–Trinajstić information content (AvgIpc) is 3.68. The fourth-order valence-electron chi connectivity index (χ4n) is 4.06. The number of hydrogen-bond donors (Lipinski definition) is 1. The molecule has 0 aliphatic carbocycles. The lowest BCUT2D eigenvalue weighted by molar-refractivity contribution is -0.121. The van der Waals surface area contributed by atoms with E-state index in [9.17, 15) is 9.59 Å². The standard InChI is InChI=1S/C26H28N4O4S2/c31-24(8-11-29-12-14-33-15-13-29)27-9-4-10-30(25(32)23-7-3-16-35-23)26-28-20(18-36-26)22-17-19-5-1-2-6-21(19)34-22/h1-3,5-7,16-18H,4,8-15H2,(H,27,31). The lowest BCUT2D eigenvalue weighted by Crippen LogP contribution is -2.39. The molecule has 1 aromatic carbocycles. The van der Waals surface area contributed by atoms with E-state index >= 15 is 0 Å². The molecular formula is C26H28N4O4S2. The monoisotopic (exact) mass is 524 g/mol. The third-order valence-corrected chi connectivity index (χ3v) is 7.74. The van der Waals surface area contributed by atoms with E-state index in [0.29, 0.717) is 47.4 Å². The van der Waals surface area contributed by atoms with Gasteiger partial charge in [-0.3, -0.25) is 19.4 Å². The molecule has 0 spiro atoms. The van der Waals surface area contributed by atoms with Gasteiger partial charge >= 0.3 is 0 Å². The van der Waals surface area contributed by atoms with E-state index in [-0.39, 0.29) is 11.8 Å². The van der Waals surface area contributed by atoms with Crippen LogP contribution in [0.15, 0.2) is 57.6 Å². The van der Waals surface area contributed by atoms with E-state index in [1.165, 1.54) is 22.7 Å². The van der Waals surface area contributed by atoms with E-state index in [0.717, 1.165) is 43.8 Å². The summed E-state index contributed by atoms with van der Waals surface area (Å²) in [6.45, 7) is 4.89. The highest BCUT2D eigenvalue weighted by atomic mass is 32.1. The van der Waals surface area contributed by atoms with Crippen LogP contribution >= 0.6 is 22.7 Å². The first-order valence-corrected chi connectivity index (χ1v) is 13.8. The highest BCUT2D eigenvalue weighted by Gasteiger charge is 2.22. The molecule has 1 aliphatic heterocycles. The number of para-hydroxylation sites is 1. The zero-order valence-electron chi connectivity index (χ0n) is 19.9. The molecular weight excluding hydrogens is 496 g/mol. The molecule has 0 atom stereocenters. The van der Waals surface area contributed by atoms with Crippen molar-refractivity contribution >= 4 is 50.6 Å². The van der Waals surface area contributed by atoms with Gasteiger partial charge in [-0.2, -0.15) is 0 Å². The Morgan fingerprint density at radius 2 is 1.97 bits per heavy atom. The van der Waals surface area contributed by atoms with Gasteiger partial charge in [0.25, 0.3) is 5.91 Å². The largest absolute Gasteiger partial charge is 0.454 e. The molecule has 0 bridgehead atoms. The molecule has 0 radical (unpaired) electrons. The Kier molecular flexibility index (Phi) is 8.07. The first-order valence-electron chi connectivity index (χ1n) is 12.0. The third kappa shape index (κ3) is 6.01. The number of rotatable bonds is 10. The summed E-state index contributed by atoms with van der Waals surface area (Å²) in [4.78, 5) is 34.9. The van der Waals surface area contributed by atoms with Crippen molar-refractivity contribution in [3.63, 3.8) is 0 Å². The van der Waals surface area contributed by atoms with Crippen LogP contribution in [0.5, 0.6) is 0 Å². The van der Waals surface area contributed by atoms with Gasteiger partial charge in [0.2, 0.25) is 5.91 Å². The van der Waals surface area contributed by atoms with Gasteiger partial charge < -0.3 is 14.5 Å². The lowest BCUT2D eigenvalue weighted by Gasteiger charge is -2.26. The zero-order valence-corrected chi connectivity index (χ0v) is 21.5. The Morgan fingerprint density at radius 1 is 1.11 bits per heavy atom. The third-order valence-electron chi connectivity index (χ3n) is 6.02. The number of thiophene rings is 1. The molecule has 36 heavy (non-hydrogen) atoms. The molecule has 1 fully saturated rings. The van der Waals surface area contributed by atoms with E-state index < -0.39 is 0 Å². The highest BCUT2D eigenvalue weighted by molar-refractivity contribution is 7.14. The predicted molar refractivity (Wildman–Crippen MR) is 143 cm³/mol. The SMILES string of the molecule is O=C(CCN1CCOCC1)NCCCN(C(=O)c1cccs1)c1nc(-c2cc3ccccc3o2)cs1. The number of thiazole rings is 1. The van der Waals surface area contributed by atoms with Gasteiger partial charge in [-0.1, -0.05) is 24.3 Å². The van der Waals surface area contributed by atoms with Crippen molar-refractivity contribution in [1.82, 2.24) is 15.2 Å². The van der Waals surface area contributed by atoms with Crippen LogP contribution in [0, 0.1) is 0 Å². The summed E-state index contributed by atoms with van der Waals surface area (Å²) in [5.41, 5.74) is 1.50. The maximum Gasteiger partial charge on any atom is 0.270 e. The quantitative estimate of drug-likeness (QED) is 0.308. The van der Waals surface area contributed by atoms with Crippen LogP contribution < -0.4 is 10.2 Å². The number of benzene rings is 1. The Morgan fingerprint density at radius 3 is 2.78 bits per heavy atom. The summed E-state index contributed by atoms with van der Waals surface area (Å²) in [6.07, 6.45) is 1.09. The summed E-state index contributed by atoms with van der Waals surface area (Å²) >= 11 is 2.82. The van der Waals surface area contributed by atoms with Crippen LogP contribution in [0.1, 0.15) is 22.5 Å². The molecule has 8 nitrogen and oxygen atoms in total. The number of nitrogens with one attached hydrogen (secondary N) is 1. The summed E-state index contributed by atoms with van der Waals surface area (Å²) in [6, 6.07) is 13.5. The summed E-state index contributed by atoms with van der Waals surface area (Å²) in [5.74, 6) is 0.614. The van der Waals surface area contributed by atoms with Gasteiger partial charge in [-0.15, -0.1) is 22.7 Å². The van der Waals surface area contributed by atoms with Crippen molar-refractivity contribution in [2.24, 2.45) is 0 Å². The van der Waals surface area contributed by atoms with Gasteiger partial charge in [-0.05, 0) is 30.0 Å². The number of fused-ring (bicyclic) bond motifs is 1. The van der Waals surface area contributed by atoms with Crippen molar-refractivity contribution < 1.29 is 18.7 Å². The molecule has 4 aromatic rings.